The summed E-state index contributed by atoms with van der Waals surface area (Å²) in [7, 11) is 0. The minimum Gasteiger partial charge on any atom is -0.508 e. The van der Waals surface area contributed by atoms with Crippen LogP contribution in [-0.2, 0) is 6.54 Å². The lowest BCUT2D eigenvalue weighted by atomic mass is 9.94. The number of piperidine rings is 1. The van der Waals surface area contributed by atoms with Gasteiger partial charge < -0.3 is 10.8 Å². The van der Waals surface area contributed by atoms with E-state index in [0.29, 0.717) is 18.0 Å². The molecule has 17 heavy (non-hydrogen) atoms. The van der Waals surface area contributed by atoms with Crippen molar-refractivity contribution in [1.29, 1.82) is 0 Å². The highest BCUT2D eigenvalue weighted by atomic mass is 19.1. The predicted molar refractivity (Wildman–Crippen MR) is 65.1 cm³/mol. The van der Waals surface area contributed by atoms with Crippen molar-refractivity contribution in [3.05, 3.63) is 29.6 Å². The van der Waals surface area contributed by atoms with E-state index >= 15 is 0 Å². The molecule has 1 heterocycles. The number of hydrogen-bond donors (Lipinski definition) is 2. The molecule has 3 N–H and O–H groups in total. The molecule has 0 radical (unpaired) electrons. The fourth-order valence-corrected chi connectivity index (χ4v) is 2.23. The first-order valence-corrected chi connectivity index (χ1v) is 6.01. The summed E-state index contributed by atoms with van der Waals surface area (Å²) in [4.78, 5) is 2.17. The number of likely N-dealkylation sites (tertiary alicyclic amines) is 1. The Balaban J connectivity index is 2.03. The third kappa shape index (κ3) is 2.96. The molecule has 0 aliphatic carbocycles. The summed E-state index contributed by atoms with van der Waals surface area (Å²) in [5.41, 5.74) is 6.64. The molecule has 94 valence electrons. The average molecular weight is 238 g/mol. The zero-order valence-corrected chi connectivity index (χ0v) is 10.1. The Morgan fingerprint density at radius 1 is 1.53 bits per heavy atom. The summed E-state index contributed by atoms with van der Waals surface area (Å²) in [5, 5.41) is 9.66. The zero-order chi connectivity index (χ0) is 12.4. The Kier molecular flexibility index (Phi) is 3.64. The molecule has 1 saturated heterocycles. The van der Waals surface area contributed by atoms with Crippen molar-refractivity contribution in [3.63, 3.8) is 0 Å². The molecule has 1 aliphatic rings. The Hall–Kier alpha value is -1.13. The van der Waals surface area contributed by atoms with Crippen LogP contribution in [0.3, 0.4) is 0 Å². The van der Waals surface area contributed by atoms with Gasteiger partial charge in [0, 0.05) is 24.7 Å². The summed E-state index contributed by atoms with van der Waals surface area (Å²) in [6, 6.07) is 4.22. The summed E-state index contributed by atoms with van der Waals surface area (Å²) in [6.45, 7) is 4.47. The number of benzene rings is 1. The summed E-state index contributed by atoms with van der Waals surface area (Å²) < 4.78 is 13.1. The van der Waals surface area contributed by atoms with Crippen molar-refractivity contribution in [2.24, 2.45) is 11.7 Å². The molecule has 3 nitrogen and oxygen atoms in total. The number of nitrogens with zero attached hydrogens (tertiary/aromatic N) is 1. The van der Waals surface area contributed by atoms with Gasteiger partial charge in [0.2, 0.25) is 0 Å². The lowest BCUT2D eigenvalue weighted by molar-refractivity contribution is 0.161. The van der Waals surface area contributed by atoms with Gasteiger partial charge in [-0.2, -0.15) is 0 Å². The van der Waals surface area contributed by atoms with Crippen LogP contribution in [0.1, 0.15) is 18.9 Å². The Morgan fingerprint density at radius 3 is 3.00 bits per heavy atom. The van der Waals surface area contributed by atoms with Crippen molar-refractivity contribution in [3.8, 4) is 5.75 Å². The number of phenols is 1. The second-order valence-corrected chi connectivity index (χ2v) is 4.94. The van der Waals surface area contributed by atoms with Crippen LogP contribution in [0.15, 0.2) is 18.2 Å². The summed E-state index contributed by atoms with van der Waals surface area (Å²) in [5.74, 6) is 0.374. The number of nitrogens with two attached hydrogens (primary N) is 1. The SMILES string of the molecule is CC1CCN(Cc2cc(F)ccc2O)CC1N. The van der Waals surface area contributed by atoms with Gasteiger partial charge in [-0.05, 0) is 37.1 Å². The highest BCUT2D eigenvalue weighted by molar-refractivity contribution is 5.32. The summed E-state index contributed by atoms with van der Waals surface area (Å²) in [6.07, 6.45) is 1.05. The Bertz CT molecular complexity index is 397. The van der Waals surface area contributed by atoms with Crippen molar-refractivity contribution in [1.82, 2.24) is 4.90 Å². The van der Waals surface area contributed by atoms with Crippen LogP contribution in [0.25, 0.3) is 0 Å². The average Bonchev–Trinajstić information content (AvgIpc) is 2.29. The predicted octanol–water partition coefficient (Wildman–Crippen LogP) is 1.70. The normalized spacial score (nSPS) is 26.1. The van der Waals surface area contributed by atoms with Crippen LogP contribution < -0.4 is 5.73 Å². The van der Waals surface area contributed by atoms with E-state index in [1.54, 1.807) is 0 Å². The van der Waals surface area contributed by atoms with E-state index in [9.17, 15) is 9.50 Å². The van der Waals surface area contributed by atoms with Crippen molar-refractivity contribution in [2.45, 2.75) is 25.9 Å². The molecule has 2 unspecified atom stereocenters. The van der Waals surface area contributed by atoms with Crippen LogP contribution in [-0.4, -0.2) is 29.1 Å². The van der Waals surface area contributed by atoms with Gasteiger partial charge in [0.05, 0.1) is 0 Å². The topological polar surface area (TPSA) is 49.5 Å². The van der Waals surface area contributed by atoms with Gasteiger partial charge in [-0.15, -0.1) is 0 Å². The molecule has 1 aliphatic heterocycles. The molecule has 0 bridgehead atoms. The highest BCUT2D eigenvalue weighted by Gasteiger charge is 2.23. The smallest absolute Gasteiger partial charge is 0.123 e. The van der Waals surface area contributed by atoms with Crippen LogP contribution in [0.4, 0.5) is 4.39 Å². The zero-order valence-electron chi connectivity index (χ0n) is 10.1. The Morgan fingerprint density at radius 2 is 2.29 bits per heavy atom. The maximum atomic E-state index is 13.1. The molecule has 4 heteroatoms. The number of hydrogen-bond acceptors (Lipinski definition) is 3. The summed E-state index contributed by atoms with van der Waals surface area (Å²) >= 11 is 0. The third-order valence-corrected chi connectivity index (χ3v) is 3.54. The van der Waals surface area contributed by atoms with E-state index < -0.39 is 0 Å². The van der Waals surface area contributed by atoms with Crippen LogP contribution in [0.2, 0.25) is 0 Å². The number of aromatic hydroxyl groups is 1. The molecule has 1 fully saturated rings. The monoisotopic (exact) mass is 238 g/mol. The molecule has 0 saturated carbocycles. The molecular weight excluding hydrogens is 219 g/mol. The molecule has 2 rings (SSSR count). The fourth-order valence-electron chi connectivity index (χ4n) is 2.23. The standard InChI is InChI=1S/C13H19FN2O/c1-9-4-5-16(8-12(9)15)7-10-6-11(14)2-3-13(10)17/h2-3,6,9,12,17H,4-5,7-8,15H2,1H3. The van der Waals surface area contributed by atoms with Crippen molar-refractivity contribution >= 4 is 0 Å². The van der Waals surface area contributed by atoms with E-state index in [1.807, 2.05) is 0 Å². The minimum absolute atomic E-state index is 0.151. The Labute approximate surface area is 101 Å². The molecule has 2 atom stereocenters. The van der Waals surface area contributed by atoms with Gasteiger partial charge in [-0.3, -0.25) is 4.90 Å². The maximum absolute atomic E-state index is 13.1. The molecule has 0 spiro atoms. The second-order valence-electron chi connectivity index (χ2n) is 4.94. The number of halogens is 1. The molecular formula is C13H19FN2O. The van der Waals surface area contributed by atoms with Gasteiger partial charge in [-0.1, -0.05) is 6.92 Å². The minimum atomic E-state index is -0.313. The van der Waals surface area contributed by atoms with E-state index in [1.165, 1.54) is 18.2 Å². The van der Waals surface area contributed by atoms with Gasteiger partial charge in [-0.25, -0.2) is 4.39 Å². The van der Waals surface area contributed by atoms with E-state index in [4.69, 9.17) is 5.73 Å². The first-order chi connectivity index (χ1) is 8.06. The highest BCUT2D eigenvalue weighted by Crippen LogP contribution is 2.23. The first kappa shape index (κ1) is 12.3. The molecule has 0 aromatic heterocycles. The lowest BCUT2D eigenvalue weighted by Crippen LogP contribution is -2.47. The van der Waals surface area contributed by atoms with Gasteiger partial charge in [0.1, 0.15) is 11.6 Å². The molecule has 0 amide bonds. The van der Waals surface area contributed by atoms with Crippen LogP contribution in [0, 0.1) is 11.7 Å². The van der Waals surface area contributed by atoms with Gasteiger partial charge in [0.15, 0.2) is 0 Å². The van der Waals surface area contributed by atoms with Crippen molar-refractivity contribution < 1.29 is 9.50 Å². The molecule has 1 aromatic carbocycles. The van der Waals surface area contributed by atoms with Gasteiger partial charge in [0.25, 0.3) is 0 Å². The van der Waals surface area contributed by atoms with E-state index in [0.717, 1.165) is 19.5 Å². The quantitative estimate of drug-likeness (QED) is 0.824. The first-order valence-electron chi connectivity index (χ1n) is 6.01. The number of rotatable bonds is 2. The molecule has 1 aromatic rings. The fraction of sp³-hybridized carbons (Fsp3) is 0.538. The number of phenolic OH excluding ortho intramolecular Hbond substituents is 1. The lowest BCUT2D eigenvalue weighted by Gasteiger charge is -2.35. The van der Waals surface area contributed by atoms with Crippen molar-refractivity contribution in [2.75, 3.05) is 13.1 Å². The van der Waals surface area contributed by atoms with E-state index in [2.05, 4.69) is 11.8 Å². The van der Waals surface area contributed by atoms with Crippen LogP contribution >= 0.6 is 0 Å². The van der Waals surface area contributed by atoms with E-state index in [-0.39, 0.29) is 17.6 Å². The largest absolute Gasteiger partial charge is 0.508 e. The maximum Gasteiger partial charge on any atom is 0.123 e. The third-order valence-electron chi connectivity index (χ3n) is 3.54. The van der Waals surface area contributed by atoms with Crippen LogP contribution in [0.5, 0.6) is 5.75 Å². The second kappa shape index (κ2) is 5.02. The van der Waals surface area contributed by atoms with Gasteiger partial charge >= 0.3 is 0 Å².